The highest BCUT2D eigenvalue weighted by molar-refractivity contribution is 5.79. The van der Waals surface area contributed by atoms with Crippen LogP contribution in [-0.2, 0) is 4.79 Å². The number of amides is 1. The maximum atomic E-state index is 12.4. The number of ether oxygens (including phenoxy) is 2. The smallest absolute Gasteiger partial charge is 0.227 e. The van der Waals surface area contributed by atoms with E-state index in [9.17, 15) is 4.79 Å². The number of rotatable bonds is 6. The molecule has 3 rings (SSSR count). The fourth-order valence-corrected chi connectivity index (χ4v) is 3.79. The molecule has 5 heteroatoms. The molecule has 24 heavy (non-hydrogen) atoms. The van der Waals surface area contributed by atoms with Crippen molar-refractivity contribution in [2.45, 2.75) is 31.7 Å². The summed E-state index contributed by atoms with van der Waals surface area (Å²) in [5.74, 6) is 2.24. The van der Waals surface area contributed by atoms with E-state index < -0.39 is 0 Å². The molecule has 0 radical (unpaired) electrons. The lowest BCUT2D eigenvalue weighted by atomic mass is 9.99. The Labute approximate surface area is 144 Å². The summed E-state index contributed by atoms with van der Waals surface area (Å²) in [6.07, 6.45) is 4.33. The number of carbonyl (C=O) groups is 1. The molecule has 132 valence electrons. The fraction of sp³-hybridized carbons (Fsp3) is 0.632. The van der Waals surface area contributed by atoms with E-state index in [1.54, 1.807) is 7.11 Å². The summed E-state index contributed by atoms with van der Waals surface area (Å²) < 4.78 is 11.0. The third-order valence-electron chi connectivity index (χ3n) is 5.23. The molecular formula is C19H28N2O3. The molecule has 2 saturated heterocycles. The van der Waals surface area contributed by atoms with Crippen LogP contribution in [0.1, 0.15) is 25.7 Å². The highest BCUT2D eigenvalue weighted by Crippen LogP contribution is 2.26. The zero-order valence-corrected chi connectivity index (χ0v) is 14.7. The van der Waals surface area contributed by atoms with Gasteiger partial charge in [0.2, 0.25) is 5.91 Å². The number of benzene rings is 1. The summed E-state index contributed by atoms with van der Waals surface area (Å²) in [5, 5.41) is 0. The van der Waals surface area contributed by atoms with Gasteiger partial charge in [0.1, 0.15) is 11.5 Å². The van der Waals surface area contributed by atoms with Gasteiger partial charge in [-0.25, -0.2) is 0 Å². The SMILES string of the molecule is COc1ccc(OCCCN2C[C@H]3CCC[C@@H](C2)N(C)C3=O)cc1. The number of hydrogen-bond donors (Lipinski definition) is 0. The monoisotopic (exact) mass is 332 g/mol. The van der Waals surface area contributed by atoms with Crippen molar-refractivity contribution in [3.63, 3.8) is 0 Å². The van der Waals surface area contributed by atoms with Crippen LogP contribution in [0.25, 0.3) is 0 Å². The Morgan fingerprint density at radius 1 is 1.12 bits per heavy atom. The van der Waals surface area contributed by atoms with Crippen LogP contribution in [0.3, 0.4) is 0 Å². The molecule has 0 unspecified atom stereocenters. The largest absolute Gasteiger partial charge is 0.497 e. The number of carbonyl (C=O) groups excluding carboxylic acids is 1. The van der Waals surface area contributed by atoms with E-state index in [-0.39, 0.29) is 5.92 Å². The molecule has 1 aromatic carbocycles. The molecule has 5 nitrogen and oxygen atoms in total. The molecule has 0 aliphatic carbocycles. The molecule has 0 spiro atoms. The van der Waals surface area contributed by atoms with E-state index in [0.717, 1.165) is 50.4 Å². The summed E-state index contributed by atoms with van der Waals surface area (Å²) >= 11 is 0. The first kappa shape index (κ1) is 17.1. The highest BCUT2D eigenvalue weighted by atomic mass is 16.5. The predicted molar refractivity (Wildman–Crippen MR) is 93.4 cm³/mol. The maximum Gasteiger partial charge on any atom is 0.227 e. The second-order valence-corrected chi connectivity index (χ2v) is 6.87. The molecule has 2 heterocycles. The fourth-order valence-electron chi connectivity index (χ4n) is 3.79. The van der Waals surface area contributed by atoms with Crippen molar-refractivity contribution in [2.24, 2.45) is 5.92 Å². The Morgan fingerprint density at radius 2 is 1.88 bits per heavy atom. The van der Waals surface area contributed by atoms with E-state index in [0.29, 0.717) is 18.6 Å². The van der Waals surface area contributed by atoms with Crippen LogP contribution in [0.4, 0.5) is 0 Å². The van der Waals surface area contributed by atoms with Crippen molar-refractivity contribution in [1.29, 1.82) is 0 Å². The average molecular weight is 332 g/mol. The van der Waals surface area contributed by atoms with E-state index >= 15 is 0 Å². The van der Waals surface area contributed by atoms with E-state index in [2.05, 4.69) is 4.90 Å². The lowest BCUT2D eigenvalue weighted by Crippen LogP contribution is -2.40. The van der Waals surface area contributed by atoms with E-state index in [1.807, 2.05) is 36.2 Å². The molecule has 2 fully saturated rings. The summed E-state index contributed by atoms with van der Waals surface area (Å²) in [6, 6.07) is 8.07. The zero-order valence-electron chi connectivity index (χ0n) is 14.7. The first-order valence-corrected chi connectivity index (χ1v) is 8.93. The second-order valence-electron chi connectivity index (χ2n) is 6.87. The van der Waals surface area contributed by atoms with Gasteiger partial charge in [0.15, 0.2) is 0 Å². The van der Waals surface area contributed by atoms with Crippen LogP contribution in [0.15, 0.2) is 24.3 Å². The van der Waals surface area contributed by atoms with Gasteiger partial charge in [-0.1, -0.05) is 6.42 Å². The molecule has 0 N–H and O–H groups in total. The molecule has 2 bridgehead atoms. The zero-order chi connectivity index (χ0) is 16.9. The second kappa shape index (κ2) is 7.88. The van der Waals surface area contributed by atoms with Crippen LogP contribution in [0.5, 0.6) is 11.5 Å². The number of likely N-dealkylation sites (N-methyl/N-ethyl adjacent to an activating group) is 1. The third-order valence-corrected chi connectivity index (χ3v) is 5.23. The van der Waals surface area contributed by atoms with Gasteiger partial charge in [-0.3, -0.25) is 4.79 Å². The normalized spacial score (nSPS) is 24.6. The number of likely N-dealkylation sites (tertiary alicyclic amines) is 1. The van der Waals surface area contributed by atoms with Gasteiger partial charge in [-0.2, -0.15) is 0 Å². The van der Waals surface area contributed by atoms with E-state index in [4.69, 9.17) is 9.47 Å². The minimum absolute atomic E-state index is 0.185. The molecule has 2 aliphatic heterocycles. The first-order chi connectivity index (χ1) is 11.7. The lowest BCUT2D eigenvalue weighted by Gasteiger charge is -2.29. The van der Waals surface area contributed by atoms with Crippen molar-refractivity contribution in [3.05, 3.63) is 24.3 Å². The minimum atomic E-state index is 0.185. The summed E-state index contributed by atoms with van der Waals surface area (Å²) in [4.78, 5) is 16.8. The van der Waals surface area contributed by atoms with Crippen molar-refractivity contribution < 1.29 is 14.3 Å². The Kier molecular flexibility index (Phi) is 5.61. The van der Waals surface area contributed by atoms with Crippen molar-refractivity contribution in [1.82, 2.24) is 9.80 Å². The van der Waals surface area contributed by atoms with Crippen LogP contribution in [0.2, 0.25) is 0 Å². The van der Waals surface area contributed by atoms with Crippen LogP contribution in [0, 0.1) is 5.92 Å². The van der Waals surface area contributed by atoms with Gasteiger partial charge < -0.3 is 19.3 Å². The lowest BCUT2D eigenvalue weighted by molar-refractivity contribution is -0.134. The first-order valence-electron chi connectivity index (χ1n) is 8.93. The van der Waals surface area contributed by atoms with Gasteiger partial charge in [0.25, 0.3) is 0 Å². The molecule has 2 aliphatic rings. The minimum Gasteiger partial charge on any atom is -0.497 e. The number of methoxy groups -OCH3 is 1. The molecule has 2 atom stereocenters. The molecule has 0 saturated carbocycles. The van der Waals surface area contributed by atoms with Crippen LogP contribution < -0.4 is 9.47 Å². The number of hydrogen-bond acceptors (Lipinski definition) is 4. The van der Waals surface area contributed by atoms with Gasteiger partial charge in [-0.05, 0) is 43.5 Å². The van der Waals surface area contributed by atoms with Crippen LogP contribution in [-0.4, -0.2) is 62.1 Å². The Morgan fingerprint density at radius 3 is 2.62 bits per heavy atom. The summed E-state index contributed by atoms with van der Waals surface area (Å²) in [5.41, 5.74) is 0. The quantitative estimate of drug-likeness (QED) is 0.750. The molecule has 1 amide bonds. The van der Waals surface area contributed by atoms with E-state index in [1.165, 1.54) is 6.42 Å². The Bertz CT molecular complexity index is 546. The average Bonchev–Trinajstić information content (AvgIpc) is 2.78. The summed E-state index contributed by atoms with van der Waals surface area (Å²) in [6.45, 7) is 3.59. The Hall–Kier alpha value is -1.75. The third kappa shape index (κ3) is 4.01. The van der Waals surface area contributed by atoms with Gasteiger partial charge >= 0.3 is 0 Å². The highest BCUT2D eigenvalue weighted by Gasteiger charge is 2.36. The number of nitrogens with zero attached hydrogens (tertiary/aromatic N) is 2. The topological polar surface area (TPSA) is 42.0 Å². The van der Waals surface area contributed by atoms with Gasteiger partial charge in [0, 0.05) is 32.7 Å². The van der Waals surface area contributed by atoms with Crippen molar-refractivity contribution in [2.75, 3.05) is 40.4 Å². The Balaban J connectivity index is 1.45. The standard InChI is InChI=1S/C19H28N2O3/c1-20-16-6-3-5-15(19(20)22)13-21(14-16)11-4-12-24-18-9-7-17(23-2)8-10-18/h7-10,15-16H,3-6,11-14H2,1-2H3/t15-,16+/m1/s1. The predicted octanol–water partition coefficient (Wildman–Crippen LogP) is 2.41. The number of fused-ring (bicyclic) bond motifs is 3. The molecule has 0 aromatic heterocycles. The van der Waals surface area contributed by atoms with Crippen LogP contribution >= 0.6 is 0 Å². The van der Waals surface area contributed by atoms with Crippen molar-refractivity contribution >= 4 is 5.91 Å². The van der Waals surface area contributed by atoms with Gasteiger partial charge in [-0.15, -0.1) is 0 Å². The van der Waals surface area contributed by atoms with Gasteiger partial charge in [0.05, 0.1) is 19.6 Å². The summed E-state index contributed by atoms with van der Waals surface area (Å²) in [7, 11) is 3.64. The molecule has 1 aromatic rings. The molecular weight excluding hydrogens is 304 g/mol. The van der Waals surface area contributed by atoms with Crippen molar-refractivity contribution in [3.8, 4) is 11.5 Å². The maximum absolute atomic E-state index is 12.4.